The van der Waals surface area contributed by atoms with Crippen molar-refractivity contribution in [3.05, 3.63) is 35.4 Å². The zero-order chi connectivity index (χ0) is 17.0. The lowest BCUT2D eigenvalue weighted by molar-refractivity contribution is -0.244. The highest BCUT2D eigenvalue weighted by molar-refractivity contribution is 6.18. The molecule has 0 amide bonds. The monoisotopic (exact) mass is 326 g/mol. The fraction of sp³-hybridized carbons (Fsp3) is 0.368. The van der Waals surface area contributed by atoms with Crippen LogP contribution in [0.1, 0.15) is 37.7 Å². The van der Waals surface area contributed by atoms with Crippen LogP contribution >= 0.6 is 0 Å². The summed E-state index contributed by atoms with van der Waals surface area (Å²) in [5.74, 6) is 0.688. The maximum Gasteiger partial charge on any atom is 0.348 e. The van der Waals surface area contributed by atoms with Crippen LogP contribution < -0.4 is 4.74 Å². The van der Waals surface area contributed by atoms with Crippen LogP contribution in [0, 0.1) is 12.3 Å². The topological polar surface area (TPSA) is 61.8 Å². The van der Waals surface area contributed by atoms with Crippen LogP contribution in [0.4, 0.5) is 0 Å². The summed E-state index contributed by atoms with van der Waals surface area (Å²) in [4.78, 5) is 24.5. The minimum Gasteiger partial charge on any atom is -0.481 e. The summed E-state index contributed by atoms with van der Waals surface area (Å²) in [7, 11) is 0. The Labute approximate surface area is 140 Å². The maximum atomic E-state index is 12.3. The molecular weight excluding hydrogens is 308 g/mol. The van der Waals surface area contributed by atoms with Crippen molar-refractivity contribution in [1.29, 1.82) is 0 Å². The van der Waals surface area contributed by atoms with E-state index in [1.54, 1.807) is 24.3 Å². The molecule has 124 valence electrons. The molecule has 0 N–H and O–H groups in total. The van der Waals surface area contributed by atoms with E-state index in [9.17, 15) is 9.59 Å². The highest BCUT2D eigenvalue weighted by atomic mass is 16.7. The van der Waals surface area contributed by atoms with Gasteiger partial charge in [0.1, 0.15) is 17.9 Å². The Balaban J connectivity index is 1.74. The fourth-order valence-electron chi connectivity index (χ4n) is 2.92. The van der Waals surface area contributed by atoms with E-state index >= 15 is 0 Å². The van der Waals surface area contributed by atoms with Crippen LogP contribution in [0.5, 0.6) is 5.75 Å². The van der Waals surface area contributed by atoms with Gasteiger partial charge in [0.2, 0.25) is 0 Å². The van der Waals surface area contributed by atoms with Gasteiger partial charge in [0.05, 0.1) is 0 Å². The van der Waals surface area contributed by atoms with Gasteiger partial charge in [-0.1, -0.05) is 24.5 Å². The molecule has 24 heavy (non-hydrogen) atoms. The number of terminal acetylenes is 1. The first-order valence-corrected chi connectivity index (χ1v) is 7.97. The number of carbonyl (C=O) groups is 2. The molecule has 0 atom stereocenters. The van der Waals surface area contributed by atoms with Gasteiger partial charge in [-0.3, -0.25) is 0 Å². The van der Waals surface area contributed by atoms with Crippen LogP contribution in [0.3, 0.4) is 0 Å². The quantitative estimate of drug-likeness (QED) is 0.370. The van der Waals surface area contributed by atoms with Gasteiger partial charge < -0.3 is 14.2 Å². The normalized spacial score (nSPS) is 19.2. The van der Waals surface area contributed by atoms with Crippen molar-refractivity contribution < 1.29 is 23.8 Å². The second kappa shape index (κ2) is 6.79. The third-order valence-electron chi connectivity index (χ3n) is 4.13. The summed E-state index contributed by atoms with van der Waals surface area (Å²) in [5, 5.41) is 0. The second-order valence-electron chi connectivity index (χ2n) is 5.87. The smallest absolute Gasteiger partial charge is 0.348 e. The highest BCUT2D eigenvalue weighted by Crippen LogP contribution is 2.37. The standard InChI is InChI=1S/C19H18O5/c1-2-12-22-15-8-6-14(7-9-15)13-16-17(20)23-19(24-18(16)21)10-4-3-5-11-19/h1,6-9,13H,3-5,10-12H2. The lowest BCUT2D eigenvalue weighted by Crippen LogP contribution is -2.47. The van der Waals surface area contributed by atoms with Crippen molar-refractivity contribution >= 4 is 18.0 Å². The van der Waals surface area contributed by atoms with Crippen molar-refractivity contribution in [3.63, 3.8) is 0 Å². The maximum absolute atomic E-state index is 12.3. The molecule has 0 aromatic heterocycles. The zero-order valence-electron chi connectivity index (χ0n) is 13.2. The molecule has 0 radical (unpaired) electrons. The molecule has 0 bridgehead atoms. The van der Waals surface area contributed by atoms with Crippen LogP contribution in [0.25, 0.3) is 6.08 Å². The van der Waals surface area contributed by atoms with Crippen molar-refractivity contribution in [2.75, 3.05) is 6.61 Å². The average molecular weight is 326 g/mol. The number of rotatable bonds is 3. The van der Waals surface area contributed by atoms with E-state index in [2.05, 4.69) is 5.92 Å². The van der Waals surface area contributed by atoms with Gasteiger partial charge in [0, 0.05) is 12.8 Å². The van der Waals surface area contributed by atoms with Gasteiger partial charge in [-0.15, -0.1) is 6.42 Å². The molecule has 2 aliphatic rings. The number of carbonyl (C=O) groups excluding carboxylic acids is 2. The van der Waals surface area contributed by atoms with Gasteiger partial charge in [-0.05, 0) is 36.6 Å². The fourth-order valence-corrected chi connectivity index (χ4v) is 2.92. The number of esters is 2. The molecule has 1 aromatic rings. The van der Waals surface area contributed by atoms with Gasteiger partial charge in [0.15, 0.2) is 0 Å². The van der Waals surface area contributed by atoms with Crippen molar-refractivity contribution in [1.82, 2.24) is 0 Å². The lowest BCUT2D eigenvalue weighted by atomic mass is 9.93. The minimum atomic E-state index is -1.06. The van der Waals surface area contributed by atoms with E-state index < -0.39 is 17.7 Å². The molecule has 2 fully saturated rings. The summed E-state index contributed by atoms with van der Waals surface area (Å²) < 4.78 is 16.2. The predicted molar refractivity (Wildman–Crippen MR) is 86.7 cm³/mol. The predicted octanol–water partition coefficient (Wildman–Crippen LogP) is 2.84. The van der Waals surface area contributed by atoms with E-state index in [-0.39, 0.29) is 12.2 Å². The average Bonchev–Trinajstić information content (AvgIpc) is 2.58. The molecule has 1 aliphatic heterocycles. The lowest BCUT2D eigenvalue weighted by Gasteiger charge is -2.38. The van der Waals surface area contributed by atoms with E-state index in [0.717, 1.165) is 19.3 Å². The van der Waals surface area contributed by atoms with Crippen LogP contribution in [0.15, 0.2) is 29.8 Å². The number of ether oxygens (including phenoxy) is 3. The van der Waals surface area contributed by atoms with Gasteiger partial charge >= 0.3 is 11.9 Å². The van der Waals surface area contributed by atoms with Crippen molar-refractivity contribution in [2.45, 2.75) is 37.9 Å². The Hall–Kier alpha value is -2.74. The van der Waals surface area contributed by atoms with Crippen LogP contribution in [-0.2, 0) is 19.1 Å². The van der Waals surface area contributed by atoms with Crippen LogP contribution in [0.2, 0.25) is 0 Å². The molecule has 5 nitrogen and oxygen atoms in total. The summed E-state index contributed by atoms with van der Waals surface area (Å²) in [6.07, 6.45) is 10.6. The Kier molecular flexibility index (Phi) is 4.57. The van der Waals surface area contributed by atoms with E-state index in [0.29, 0.717) is 24.2 Å². The summed E-state index contributed by atoms with van der Waals surface area (Å²) in [6.45, 7) is 0.182. The molecule has 3 rings (SSSR count). The molecule has 1 aliphatic carbocycles. The molecule has 1 heterocycles. The molecule has 1 aromatic carbocycles. The van der Waals surface area contributed by atoms with Crippen LogP contribution in [-0.4, -0.2) is 24.3 Å². The van der Waals surface area contributed by atoms with E-state index in [1.807, 2.05) is 0 Å². The molecule has 1 spiro atoms. The van der Waals surface area contributed by atoms with Gasteiger partial charge in [0.25, 0.3) is 5.79 Å². The first-order chi connectivity index (χ1) is 11.6. The third-order valence-corrected chi connectivity index (χ3v) is 4.13. The zero-order valence-corrected chi connectivity index (χ0v) is 13.2. The number of hydrogen-bond acceptors (Lipinski definition) is 5. The number of benzene rings is 1. The molecule has 1 saturated carbocycles. The summed E-state index contributed by atoms with van der Waals surface area (Å²) in [5.41, 5.74) is 0.579. The van der Waals surface area contributed by atoms with E-state index in [4.69, 9.17) is 20.6 Å². The minimum absolute atomic E-state index is 0.0940. The molecular formula is C19H18O5. The van der Waals surface area contributed by atoms with Gasteiger partial charge in [-0.2, -0.15) is 0 Å². The molecule has 5 heteroatoms. The SMILES string of the molecule is C#CCOc1ccc(C=C2C(=O)OC3(CCCCC3)OC2=O)cc1. The highest BCUT2D eigenvalue weighted by Gasteiger charge is 2.46. The van der Waals surface area contributed by atoms with Crippen molar-refractivity contribution in [2.24, 2.45) is 0 Å². The third kappa shape index (κ3) is 3.43. The second-order valence-corrected chi connectivity index (χ2v) is 5.87. The summed E-state index contributed by atoms with van der Waals surface area (Å²) in [6, 6.07) is 6.88. The first-order valence-electron chi connectivity index (χ1n) is 7.97. The Bertz CT molecular complexity index is 680. The van der Waals surface area contributed by atoms with Gasteiger partial charge in [-0.25, -0.2) is 9.59 Å². The number of hydrogen-bond donors (Lipinski definition) is 0. The Morgan fingerprint density at radius 2 is 1.71 bits per heavy atom. The van der Waals surface area contributed by atoms with Crippen molar-refractivity contribution in [3.8, 4) is 18.1 Å². The molecule has 1 saturated heterocycles. The Morgan fingerprint density at radius 1 is 1.08 bits per heavy atom. The first kappa shape index (κ1) is 16.1. The Morgan fingerprint density at radius 3 is 2.29 bits per heavy atom. The largest absolute Gasteiger partial charge is 0.481 e. The molecule has 0 unspecified atom stereocenters. The van der Waals surface area contributed by atoms with E-state index in [1.165, 1.54) is 6.08 Å². The summed E-state index contributed by atoms with van der Waals surface area (Å²) >= 11 is 0.